The van der Waals surface area contributed by atoms with Gasteiger partial charge in [0, 0.05) is 19.5 Å². The molecule has 0 rings (SSSR count). The molecule has 0 heterocycles. The summed E-state index contributed by atoms with van der Waals surface area (Å²) in [5.41, 5.74) is 0.808. The van der Waals surface area contributed by atoms with Gasteiger partial charge in [0.15, 0.2) is 0 Å². The third-order valence-corrected chi connectivity index (χ3v) is 0.790. The summed E-state index contributed by atoms with van der Waals surface area (Å²) in [4.78, 5) is 0. The molecule has 0 amide bonds. The molecule has 0 aromatic carbocycles. The first kappa shape index (κ1) is 7.81. The minimum absolute atomic E-state index is 0.808. The van der Waals surface area contributed by atoms with Crippen LogP contribution in [0.1, 0.15) is 6.92 Å². The van der Waals surface area contributed by atoms with Crippen LogP contribution in [0.15, 0.2) is 27.8 Å². The molecule has 9 heavy (non-hydrogen) atoms. The second-order valence-corrected chi connectivity index (χ2v) is 1.58. The van der Waals surface area contributed by atoms with Crippen molar-refractivity contribution in [2.45, 2.75) is 6.92 Å². The van der Waals surface area contributed by atoms with Crippen molar-refractivity contribution in [2.24, 2.45) is 15.5 Å². The molecular formula is C5H10N4. The van der Waals surface area contributed by atoms with Gasteiger partial charge < -0.3 is 0 Å². The standard InChI is InChI=1S/C5H10N4/c1-5(2)9(4)8-7-6-3/h1,3H2,2,4H3/b8-7-. The highest BCUT2D eigenvalue weighted by Gasteiger charge is 1.88. The van der Waals surface area contributed by atoms with Crippen LogP contribution in [0.5, 0.6) is 0 Å². The van der Waals surface area contributed by atoms with Crippen LogP contribution in [-0.4, -0.2) is 18.8 Å². The van der Waals surface area contributed by atoms with Gasteiger partial charge in [0.1, 0.15) is 0 Å². The Morgan fingerprint density at radius 1 is 1.56 bits per heavy atom. The van der Waals surface area contributed by atoms with Gasteiger partial charge in [0.25, 0.3) is 0 Å². The highest BCUT2D eigenvalue weighted by Crippen LogP contribution is 1.95. The summed E-state index contributed by atoms with van der Waals surface area (Å²) in [5, 5.41) is 11.6. The molecule has 0 aliphatic rings. The zero-order valence-corrected chi connectivity index (χ0v) is 5.70. The second-order valence-electron chi connectivity index (χ2n) is 1.58. The molecule has 0 aliphatic carbocycles. The predicted molar refractivity (Wildman–Crippen MR) is 37.0 cm³/mol. The Labute approximate surface area is 54.6 Å². The van der Waals surface area contributed by atoms with E-state index in [4.69, 9.17) is 0 Å². The number of nitrogens with zero attached hydrogens (tertiary/aromatic N) is 4. The Morgan fingerprint density at radius 3 is 2.44 bits per heavy atom. The lowest BCUT2D eigenvalue weighted by atomic mass is 10.6. The molecule has 0 spiro atoms. The predicted octanol–water partition coefficient (Wildman–Crippen LogP) is 1.43. The molecule has 0 aromatic rings. The fourth-order valence-electron chi connectivity index (χ4n) is 0.165. The number of allylic oxidation sites excluding steroid dienone is 1. The van der Waals surface area contributed by atoms with E-state index in [1.165, 1.54) is 5.01 Å². The van der Waals surface area contributed by atoms with Crippen molar-refractivity contribution in [3.05, 3.63) is 12.3 Å². The molecule has 4 nitrogen and oxygen atoms in total. The van der Waals surface area contributed by atoms with Gasteiger partial charge >= 0.3 is 0 Å². The maximum absolute atomic E-state index is 3.62. The first-order chi connectivity index (χ1) is 4.18. The minimum atomic E-state index is 0.808. The van der Waals surface area contributed by atoms with Crippen LogP contribution in [0.25, 0.3) is 0 Å². The average Bonchev–Trinajstić information content (AvgIpc) is 1.82. The first-order valence-corrected chi connectivity index (χ1v) is 2.44. The zero-order chi connectivity index (χ0) is 7.28. The molecule has 0 aromatic heterocycles. The lowest BCUT2D eigenvalue weighted by molar-refractivity contribution is 0.412. The normalized spacial score (nSPS) is 9.56. The van der Waals surface area contributed by atoms with E-state index in [-0.39, 0.29) is 0 Å². The van der Waals surface area contributed by atoms with Crippen molar-refractivity contribution in [3.8, 4) is 0 Å². The van der Waals surface area contributed by atoms with Crippen molar-refractivity contribution < 1.29 is 0 Å². The largest absolute Gasteiger partial charge is 0.254 e. The lowest BCUT2D eigenvalue weighted by Gasteiger charge is -2.07. The molecule has 0 saturated heterocycles. The van der Waals surface area contributed by atoms with Crippen LogP contribution in [0.2, 0.25) is 0 Å². The van der Waals surface area contributed by atoms with E-state index >= 15 is 0 Å². The van der Waals surface area contributed by atoms with Gasteiger partial charge in [-0.15, -0.1) is 5.10 Å². The molecule has 50 valence electrons. The average molecular weight is 126 g/mol. The van der Waals surface area contributed by atoms with E-state index in [0.717, 1.165) is 5.70 Å². The zero-order valence-electron chi connectivity index (χ0n) is 5.70. The molecule has 0 N–H and O–H groups in total. The summed E-state index contributed by atoms with van der Waals surface area (Å²) in [5.74, 6) is 0. The van der Waals surface area contributed by atoms with Crippen LogP contribution in [-0.2, 0) is 0 Å². The van der Waals surface area contributed by atoms with Gasteiger partial charge in [-0.25, -0.2) is 0 Å². The molecule has 0 unspecified atom stereocenters. The quantitative estimate of drug-likeness (QED) is 0.320. The van der Waals surface area contributed by atoms with Crippen molar-refractivity contribution in [2.75, 3.05) is 7.05 Å². The highest BCUT2D eigenvalue weighted by atomic mass is 15.6. The number of rotatable bonds is 3. The molecule has 4 heteroatoms. The minimum Gasteiger partial charge on any atom is -0.254 e. The smallest absolute Gasteiger partial charge is 0.0317 e. The molecular weight excluding hydrogens is 116 g/mol. The fraction of sp³-hybridized carbons (Fsp3) is 0.400. The van der Waals surface area contributed by atoms with Crippen molar-refractivity contribution >= 4 is 6.72 Å². The number of hydrogen-bond acceptors (Lipinski definition) is 2. The topological polar surface area (TPSA) is 40.3 Å². The fourth-order valence-corrected chi connectivity index (χ4v) is 0.165. The van der Waals surface area contributed by atoms with E-state index in [9.17, 15) is 0 Å². The molecule has 0 saturated carbocycles. The van der Waals surface area contributed by atoms with E-state index in [0.29, 0.717) is 0 Å². The van der Waals surface area contributed by atoms with Crippen molar-refractivity contribution in [3.63, 3.8) is 0 Å². The molecule has 0 aliphatic heterocycles. The Balaban J connectivity index is 3.75. The highest BCUT2D eigenvalue weighted by molar-refractivity contribution is 5.22. The van der Waals surface area contributed by atoms with E-state index in [1.54, 1.807) is 7.05 Å². The molecule has 0 atom stereocenters. The Bertz CT molecular complexity index is 138. The van der Waals surface area contributed by atoms with E-state index in [1.807, 2.05) is 6.92 Å². The molecule has 0 bridgehead atoms. The van der Waals surface area contributed by atoms with E-state index < -0.39 is 0 Å². The summed E-state index contributed by atoms with van der Waals surface area (Å²) < 4.78 is 0. The van der Waals surface area contributed by atoms with Crippen LogP contribution in [0.3, 0.4) is 0 Å². The second kappa shape index (κ2) is 3.77. The third-order valence-electron chi connectivity index (χ3n) is 0.790. The van der Waals surface area contributed by atoms with Crippen LogP contribution < -0.4 is 0 Å². The third kappa shape index (κ3) is 3.40. The molecule has 0 radical (unpaired) electrons. The van der Waals surface area contributed by atoms with Crippen LogP contribution >= 0.6 is 0 Å². The Hall–Kier alpha value is -1.19. The van der Waals surface area contributed by atoms with Crippen LogP contribution in [0, 0.1) is 0 Å². The molecule has 0 fully saturated rings. The van der Waals surface area contributed by atoms with Gasteiger partial charge in [0.2, 0.25) is 0 Å². The Morgan fingerprint density at radius 2 is 2.11 bits per heavy atom. The lowest BCUT2D eigenvalue weighted by Crippen LogP contribution is -2.04. The van der Waals surface area contributed by atoms with E-state index in [2.05, 4.69) is 28.8 Å². The maximum atomic E-state index is 3.62. The summed E-state index contributed by atoms with van der Waals surface area (Å²) in [6.45, 7) is 8.56. The first-order valence-electron chi connectivity index (χ1n) is 2.44. The maximum Gasteiger partial charge on any atom is 0.0317 e. The monoisotopic (exact) mass is 126 g/mol. The van der Waals surface area contributed by atoms with Gasteiger partial charge in [-0.1, -0.05) is 6.58 Å². The van der Waals surface area contributed by atoms with Crippen molar-refractivity contribution in [1.82, 2.24) is 5.01 Å². The van der Waals surface area contributed by atoms with Crippen molar-refractivity contribution in [1.29, 1.82) is 0 Å². The summed E-state index contributed by atoms with van der Waals surface area (Å²) >= 11 is 0. The van der Waals surface area contributed by atoms with Gasteiger partial charge in [-0.2, -0.15) is 0 Å². The van der Waals surface area contributed by atoms with Gasteiger partial charge in [-0.05, 0) is 17.4 Å². The Kier molecular flexibility index (Phi) is 3.27. The summed E-state index contributed by atoms with van der Waals surface area (Å²) in [6, 6.07) is 0. The van der Waals surface area contributed by atoms with Gasteiger partial charge in [0.05, 0.1) is 0 Å². The summed E-state index contributed by atoms with van der Waals surface area (Å²) in [6.07, 6.45) is 0. The van der Waals surface area contributed by atoms with Gasteiger partial charge in [-0.3, -0.25) is 5.01 Å². The van der Waals surface area contributed by atoms with Crippen LogP contribution in [0.4, 0.5) is 0 Å². The summed E-state index contributed by atoms with van der Waals surface area (Å²) in [7, 11) is 1.73. The number of hydrogen-bond donors (Lipinski definition) is 0. The SMILES string of the molecule is C=N/N=N\N(C)C(=C)C.